The van der Waals surface area contributed by atoms with Gasteiger partial charge < -0.3 is 10.1 Å². The summed E-state index contributed by atoms with van der Waals surface area (Å²) in [5.41, 5.74) is -0.377. The summed E-state index contributed by atoms with van der Waals surface area (Å²) >= 11 is 0. The first-order valence-corrected chi connectivity index (χ1v) is 7.13. The van der Waals surface area contributed by atoms with Gasteiger partial charge in [-0.15, -0.1) is 0 Å². The van der Waals surface area contributed by atoms with E-state index in [0.717, 1.165) is 19.5 Å². The summed E-state index contributed by atoms with van der Waals surface area (Å²) in [4.78, 5) is 14.6. The van der Waals surface area contributed by atoms with Gasteiger partial charge in [0.15, 0.2) is 0 Å². The fraction of sp³-hybridized carbons (Fsp3) is 0.929. The predicted molar refractivity (Wildman–Crippen MR) is 71.4 cm³/mol. The number of hydrogen-bond donors (Lipinski definition) is 1. The van der Waals surface area contributed by atoms with Crippen LogP contribution in [0.4, 0.5) is 0 Å². The van der Waals surface area contributed by atoms with Crippen LogP contribution in [0, 0.1) is 5.92 Å². The van der Waals surface area contributed by atoms with Gasteiger partial charge in [-0.25, -0.2) is 0 Å². The number of hydrogen-bond acceptors (Lipinski definition) is 4. The lowest BCUT2D eigenvalue weighted by molar-refractivity contribution is -0.161. The molecule has 0 aromatic carbocycles. The van der Waals surface area contributed by atoms with Gasteiger partial charge in [0, 0.05) is 19.1 Å². The van der Waals surface area contributed by atoms with Crippen molar-refractivity contribution in [3.63, 3.8) is 0 Å². The minimum absolute atomic E-state index is 0.0172. The Morgan fingerprint density at radius 3 is 2.50 bits per heavy atom. The Hall–Kier alpha value is -0.610. The molecule has 2 aliphatic heterocycles. The Morgan fingerprint density at radius 2 is 1.89 bits per heavy atom. The second-order valence-corrected chi connectivity index (χ2v) is 6.52. The first-order valence-electron chi connectivity index (χ1n) is 7.13. The van der Waals surface area contributed by atoms with Crippen molar-refractivity contribution in [3.8, 4) is 0 Å². The van der Waals surface area contributed by atoms with Crippen LogP contribution in [0.15, 0.2) is 0 Å². The molecular formula is C14H26N2O2. The average Bonchev–Trinajstić information content (AvgIpc) is 2.80. The third kappa shape index (κ3) is 3.69. The summed E-state index contributed by atoms with van der Waals surface area (Å²) in [5.74, 6) is -0.0255. The number of likely N-dealkylation sites (tertiary alicyclic amines) is 1. The quantitative estimate of drug-likeness (QED) is 0.756. The van der Waals surface area contributed by atoms with Crippen molar-refractivity contribution < 1.29 is 9.53 Å². The van der Waals surface area contributed by atoms with E-state index in [9.17, 15) is 4.79 Å². The summed E-state index contributed by atoms with van der Waals surface area (Å²) in [7, 11) is 0. The minimum atomic E-state index is -0.377. The third-order valence-corrected chi connectivity index (χ3v) is 3.72. The number of rotatable bonds is 2. The molecule has 0 saturated carbocycles. The fourth-order valence-electron chi connectivity index (χ4n) is 2.87. The maximum absolute atomic E-state index is 12.1. The summed E-state index contributed by atoms with van der Waals surface area (Å²) < 4.78 is 5.49. The molecule has 0 spiro atoms. The molecule has 2 rings (SSSR count). The molecule has 4 nitrogen and oxygen atoms in total. The van der Waals surface area contributed by atoms with Crippen LogP contribution in [-0.2, 0) is 9.53 Å². The number of carbonyl (C=O) groups excluding carboxylic acids is 1. The molecular weight excluding hydrogens is 228 g/mol. The molecule has 2 saturated heterocycles. The van der Waals surface area contributed by atoms with Crippen molar-refractivity contribution in [1.29, 1.82) is 0 Å². The second-order valence-electron chi connectivity index (χ2n) is 6.52. The molecule has 4 heteroatoms. The molecule has 1 N–H and O–H groups in total. The van der Waals surface area contributed by atoms with E-state index in [4.69, 9.17) is 4.74 Å². The van der Waals surface area contributed by atoms with E-state index in [1.807, 2.05) is 20.8 Å². The van der Waals surface area contributed by atoms with Crippen molar-refractivity contribution in [2.75, 3.05) is 26.2 Å². The lowest BCUT2D eigenvalue weighted by Crippen LogP contribution is -2.50. The fourth-order valence-corrected chi connectivity index (χ4v) is 2.87. The van der Waals surface area contributed by atoms with E-state index in [-0.39, 0.29) is 17.5 Å². The molecule has 104 valence electrons. The van der Waals surface area contributed by atoms with Crippen LogP contribution in [0.2, 0.25) is 0 Å². The minimum Gasteiger partial charge on any atom is -0.460 e. The summed E-state index contributed by atoms with van der Waals surface area (Å²) in [6, 6.07) is 0.513. The molecule has 0 amide bonds. The maximum Gasteiger partial charge on any atom is 0.310 e. The predicted octanol–water partition coefficient (Wildman–Crippen LogP) is 1.40. The van der Waals surface area contributed by atoms with Crippen molar-refractivity contribution in [1.82, 2.24) is 10.2 Å². The summed E-state index contributed by atoms with van der Waals surface area (Å²) in [5, 5.41) is 3.39. The van der Waals surface area contributed by atoms with E-state index in [0.29, 0.717) is 6.04 Å². The van der Waals surface area contributed by atoms with E-state index in [1.54, 1.807) is 0 Å². The molecule has 18 heavy (non-hydrogen) atoms. The SMILES string of the molecule is CC(C)(C)OC(=O)[C@H]1CNC[C@@H](N2CCCC2)C1. The van der Waals surface area contributed by atoms with Gasteiger partial charge in [0.05, 0.1) is 5.92 Å². The molecule has 2 atom stereocenters. The highest BCUT2D eigenvalue weighted by Crippen LogP contribution is 2.22. The first kappa shape index (κ1) is 13.8. The van der Waals surface area contributed by atoms with Crippen molar-refractivity contribution >= 4 is 5.97 Å². The van der Waals surface area contributed by atoms with Gasteiger partial charge in [0.25, 0.3) is 0 Å². The number of ether oxygens (including phenoxy) is 1. The second kappa shape index (κ2) is 5.57. The average molecular weight is 254 g/mol. The van der Waals surface area contributed by atoms with Crippen LogP contribution in [-0.4, -0.2) is 48.7 Å². The van der Waals surface area contributed by atoms with E-state index >= 15 is 0 Å². The molecule has 0 aromatic heterocycles. The lowest BCUT2D eigenvalue weighted by Gasteiger charge is -2.35. The van der Waals surface area contributed by atoms with Crippen LogP contribution in [0.25, 0.3) is 0 Å². The molecule has 2 aliphatic rings. The molecule has 0 aliphatic carbocycles. The molecule has 2 heterocycles. The smallest absolute Gasteiger partial charge is 0.310 e. The topological polar surface area (TPSA) is 41.6 Å². The monoisotopic (exact) mass is 254 g/mol. The van der Waals surface area contributed by atoms with E-state index in [2.05, 4.69) is 10.2 Å². The Morgan fingerprint density at radius 1 is 1.22 bits per heavy atom. The molecule has 0 radical (unpaired) electrons. The number of nitrogens with one attached hydrogen (secondary N) is 1. The Balaban J connectivity index is 1.87. The lowest BCUT2D eigenvalue weighted by atomic mass is 9.94. The van der Waals surface area contributed by atoms with Gasteiger partial charge in [0.2, 0.25) is 0 Å². The molecule has 2 fully saturated rings. The van der Waals surface area contributed by atoms with Crippen LogP contribution >= 0.6 is 0 Å². The maximum atomic E-state index is 12.1. The van der Waals surface area contributed by atoms with Gasteiger partial charge in [-0.05, 0) is 53.1 Å². The Bertz CT molecular complexity index is 293. The van der Waals surface area contributed by atoms with Gasteiger partial charge in [-0.3, -0.25) is 9.69 Å². The van der Waals surface area contributed by atoms with E-state index < -0.39 is 0 Å². The standard InChI is InChI=1S/C14H26N2O2/c1-14(2,3)18-13(17)11-8-12(10-15-9-11)16-6-4-5-7-16/h11-12,15H,4-10H2,1-3H3/t11-,12+/m1/s1. The largest absolute Gasteiger partial charge is 0.460 e. The van der Waals surface area contributed by atoms with Crippen molar-refractivity contribution in [3.05, 3.63) is 0 Å². The molecule has 0 unspecified atom stereocenters. The number of esters is 1. The zero-order valence-corrected chi connectivity index (χ0v) is 11.9. The van der Waals surface area contributed by atoms with Gasteiger partial charge >= 0.3 is 5.97 Å². The van der Waals surface area contributed by atoms with Gasteiger partial charge in [-0.1, -0.05) is 0 Å². The highest BCUT2D eigenvalue weighted by atomic mass is 16.6. The van der Waals surface area contributed by atoms with Gasteiger partial charge in [-0.2, -0.15) is 0 Å². The zero-order valence-electron chi connectivity index (χ0n) is 11.9. The van der Waals surface area contributed by atoms with Crippen LogP contribution in [0.3, 0.4) is 0 Å². The number of piperidine rings is 1. The zero-order chi connectivity index (χ0) is 13.2. The van der Waals surface area contributed by atoms with Crippen LogP contribution in [0.5, 0.6) is 0 Å². The highest BCUT2D eigenvalue weighted by molar-refractivity contribution is 5.73. The Labute approximate surface area is 110 Å². The van der Waals surface area contributed by atoms with E-state index in [1.165, 1.54) is 25.9 Å². The Kier molecular flexibility index (Phi) is 4.28. The van der Waals surface area contributed by atoms with Crippen LogP contribution in [0.1, 0.15) is 40.0 Å². The molecule has 0 bridgehead atoms. The highest BCUT2D eigenvalue weighted by Gasteiger charge is 2.33. The summed E-state index contributed by atoms with van der Waals surface area (Å²) in [6.45, 7) is 9.94. The third-order valence-electron chi connectivity index (χ3n) is 3.72. The van der Waals surface area contributed by atoms with Crippen molar-refractivity contribution in [2.45, 2.75) is 51.7 Å². The number of carbonyl (C=O) groups is 1. The van der Waals surface area contributed by atoms with Crippen LogP contribution < -0.4 is 5.32 Å². The first-order chi connectivity index (χ1) is 8.46. The van der Waals surface area contributed by atoms with Crippen molar-refractivity contribution in [2.24, 2.45) is 5.92 Å². The van der Waals surface area contributed by atoms with Gasteiger partial charge in [0.1, 0.15) is 5.60 Å². The number of nitrogens with zero attached hydrogens (tertiary/aromatic N) is 1. The molecule has 0 aromatic rings. The summed E-state index contributed by atoms with van der Waals surface area (Å²) in [6.07, 6.45) is 3.54. The normalized spacial score (nSPS) is 30.4.